The van der Waals surface area contributed by atoms with Crippen molar-refractivity contribution in [1.82, 2.24) is 0 Å². The Hall–Kier alpha value is -3.02. The molecule has 1 atom stereocenters. The molecule has 2 aromatic carbocycles. The molecule has 0 saturated heterocycles. The Morgan fingerprint density at radius 1 is 1.19 bits per heavy atom. The average Bonchev–Trinajstić information content (AvgIpc) is 3.00. The molecule has 1 aliphatic rings. The summed E-state index contributed by atoms with van der Waals surface area (Å²) >= 11 is 0. The first-order valence-electron chi connectivity index (χ1n) is 8.42. The Balaban J connectivity index is 1.64. The van der Waals surface area contributed by atoms with Crippen LogP contribution in [-0.4, -0.2) is 39.0 Å². The van der Waals surface area contributed by atoms with E-state index in [4.69, 9.17) is 14.3 Å². The molecule has 1 aliphatic heterocycles. The molecule has 0 fully saturated rings. The Morgan fingerprint density at radius 2 is 2.00 bits per heavy atom. The number of fused-ring (bicyclic) bond motifs is 1. The molecule has 0 saturated carbocycles. The van der Waals surface area contributed by atoms with Crippen molar-refractivity contribution >= 4 is 17.8 Å². The van der Waals surface area contributed by atoms with E-state index in [1.165, 1.54) is 11.8 Å². The van der Waals surface area contributed by atoms with Crippen LogP contribution in [-0.2, 0) is 16.1 Å². The van der Waals surface area contributed by atoms with Crippen molar-refractivity contribution in [2.45, 2.75) is 19.4 Å². The van der Waals surface area contributed by atoms with Gasteiger partial charge in [0.15, 0.2) is 18.1 Å². The van der Waals surface area contributed by atoms with Gasteiger partial charge in [-0.2, -0.15) is 0 Å². The van der Waals surface area contributed by atoms with Gasteiger partial charge in [0.2, 0.25) is 0 Å². The zero-order valence-corrected chi connectivity index (χ0v) is 15.1. The van der Waals surface area contributed by atoms with Gasteiger partial charge >= 0.3 is 0 Å². The summed E-state index contributed by atoms with van der Waals surface area (Å²) in [6.07, 6.45) is 2.36. The molecule has 0 radical (unpaired) electrons. The lowest BCUT2D eigenvalue weighted by Gasteiger charge is -2.21. The lowest BCUT2D eigenvalue weighted by atomic mass is 10.1. The summed E-state index contributed by atoms with van der Waals surface area (Å²) in [6.45, 7) is 1.91. The molecule has 3 rings (SSSR count). The van der Waals surface area contributed by atoms with Gasteiger partial charge in [-0.15, -0.1) is 0 Å². The number of amides is 1. The van der Waals surface area contributed by atoms with Crippen LogP contribution in [0.1, 0.15) is 18.1 Å². The fourth-order valence-electron chi connectivity index (χ4n) is 3.22. The van der Waals surface area contributed by atoms with Gasteiger partial charge in [-0.05, 0) is 37.1 Å². The molecule has 136 valence electrons. The third-order valence-corrected chi connectivity index (χ3v) is 4.36. The van der Waals surface area contributed by atoms with Gasteiger partial charge < -0.3 is 19.2 Å². The summed E-state index contributed by atoms with van der Waals surface area (Å²) in [6, 6.07) is 13.5. The number of benzene rings is 2. The third-order valence-electron chi connectivity index (χ3n) is 4.36. The van der Waals surface area contributed by atoms with Gasteiger partial charge in [0.25, 0.3) is 5.91 Å². The van der Waals surface area contributed by atoms with E-state index in [0.29, 0.717) is 17.1 Å². The Labute approximate surface area is 153 Å². The van der Waals surface area contributed by atoms with E-state index in [0.717, 1.165) is 12.1 Å². The van der Waals surface area contributed by atoms with E-state index in [1.54, 1.807) is 25.2 Å². The van der Waals surface area contributed by atoms with E-state index in [1.807, 2.05) is 43.3 Å². The molecule has 1 heterocycles. The first-order chi connectivity index (χ1) is 12.7. The zero-order valence-electron chi connectivity index (χ0n) is 15.1. The maximum Gasteiger partial charge on any atom is 0.268 e. The average molecular weight is 354 g/mol. The second-order valence-electron chi connectivity index (χ2n) is 6.04. The van der Waals surface area contributed by atoms with Gasteiger partial charge in [-0.25, -0.2) is 0 Å². The SMILES string of the molecule is COc1cccc(/C=N\OCC(=O)N2c3ccccc3C[C@@H]2C)c1OC. The number of ether oxygens (including phenoxy) is 2. The molecule has 0 spiro atoms. The third kappa shape index (κ3) is 3.49. The minimum atomic E-state index is -0.124. The second-order valence-corrected chi connectivity index (χ2v) is 6.04. The van der Waals surface area contributed by atoms with Crippen LogP contribution >= 0.6 is 0 Å². The first-order valence-corrected chi connectivity index (χ1v) is 8.42. The molecule has 26 heavy (non-hydrogen) atoms. The van der Waals surface area contributed by atoms with Crippen LogP contribution in [0.5, 0.6) is 11.5 Å². The van der Waals surface area contributed by atoms with Crippen LogP contribution in [0.4, 0.5) is 5.69 Å². The summed E-state index contributed by atoms with van der Waals surface area (Å²) in [5.41, 5.74) is 2.84. The number of rotatable bonds is 6. The molecule has 0 aromatic heterocycles. The van der Waals surface area contributed by atoms with Crippen molar-refractivity contribution in [1.29, 1.82) is 0 Å². The molecule has 0 N–H and O–H groups in total. The van der Waals surface area contributed by atoms with Crippen molar-refractivity contribution in [2.75, 3.05) is 25.7 Å². The molecule has 6 nitrogen and oxygen atoms in total. The van der Waals surface area contributed by atoms with Crippen molar-refractivity contribution < 1.29 is 19.1 Å². The zero-order chi connectivity index (χ0) is 18.5. The number of hydrogen-bond acceptors (Lipinski definition) is 5. The summed E-state index contributed by atoms with van der Waals surface area (Å²) < 4.78 is 10.6. The smallest absolute Gasteiger partial charge is 0.268 e. The predicted octanol–water partition coefficient (Wildman–Crippen LogP) is 3.03. The van der Waals surface area contributed by atoms with Crippen molar-refractivity contribution in [3.63, 3.8) is 0 Å². The van der Waals surface area contributed by atoms with Crippen LogP contribution < -0.4 is 14.4 Å². The van der Waals surface area contributed by atoms with Gasteiger partial charge in [0.1, 0.15) is 0 Å². The standard InChI is InChI=1S/C20H22N2O4/c1-14-11-15-7-4-5-9-17(15)22(14)19(23)13-26-21-12-16-8-6-10-18(24-2)20(16)25-3/h4-10,12,14H,11,13H2,1-3H3/b21-12-/t14-/m0/s1. The summed E-state index contributed by atoms with van der Waals surface area (Å²) in [4.78, 5) is 19.5. The number of carbonyl (C=O) groups is 1. The van der Waals surface area contributed by atoms with Gasteiger partial charge in [-0.3, -0.25) is 4.79 Å². The molecule has 2 aromatic rings. The van der Waals surface area contributed by atoms with Crippen molar-refractivity contribution in [3.05, 3.63) is 53.6 Å². The summed E-state index contributed by atoms with van der Waals surface area (Å²) in [5, 5.41) is 3.91. The van der Waals surface area contributed by atoms with Crippen molar-refractivity contribution in [2.24, 2.45) is 5.16 Å². The highest BCUT2D eigenvalue weighted by Crippen LogP contribution is 2.32. The fraction of sp³-hybridized carbons (Fsp3) is 0.300. The molecule has 0 bridgehead atoms. The number of carbonyl (C=O) groups excluding carboxylic acids is 1. The van der Waals surface area contributed by atoms with E-state index >= 15 is 0 Å². The predicted molar refractivity (Wildman–Crippen MR) is 100 cm³/mol. The van der Waals surface area contributed by atoms with E-state index < -0.39 is 0 Å². The van der Waals surface area contributed by atoms with Crippen LogP contribution in [0.25, 0.3) is 0 Å². The number of methoxy groups -OCH3 is 2. The number of hydrogen-bond donors (Lipinski definition) is 0. The quantitative estimate of drug-likeness (QED) is 0.591. The molecule has 0 aliphatic carbocycles. The van der Waals surface area contributed by atoms with Crippen LogP contribution in [0.2, 0.25) is 0 Å². The molecule has 1 amide bonds. The number of anilines is 1. The highest BCUT2D eigenvalue weighted by atomic mass is 16.6. The van der Waals surface area contributed by atoms with E-state index in [-0.39, 0.29) is 18.6 Å². The Morgan fingerprint density at radius 3 is 2.77 bits per heavy atom. The Kier molecular flexibility index (Phi) is 5.41. The molecule has 6 heteroatoms. The highest BCUT2D eigenvalue weighted by Gasteiger charge is 2.30. The summed E-state index contributed by atoms with van der Waals surface area (Å²) in [5.74, 6) is 1.06. The topological polar surface area (TPSA) is 60.4 Å². The molecular formula is C20H22N2O4. The maximum atomic E-state index is 12.5. The second kappa shape index (κ2) is 7.91. The van der Waals surface area contributed by atoms with Crippen LogP contribution in [0.3, 0.4) is 0 Å². The van der Waals surface area contributed by atoms with Gasteiger partial charge in [-0.1, -0.05) is 29.4 Å². The van der Waals surface area contributed by atoms with E-state index in [9.17, 15) is 4.79 Å². The fourth-order valence-corrected chi connectivity index (χ4v) is 3.22. The van der Waals surface area contributed by atoms with Gasteiger partial charge in [0.05, 0.1) is 20.4 Å². The number of para-hydroxylation sites is 2. The summed E-state index contributed by atoms with van der Waals surface area (Å²) in [7, 11) is 3.13. The van der Waals surface area contributed by atoms with E-state index in [2.05, 4.69) is 5.16 Å². The van der Waals surface area contributed by atoms with Crippen LogP contribution in [0.15, 0.2) is 47.6 Å². The largest absolute Gasteiger partial charge is 0.493 e. The molecular weight excluding hydrogens is 332 g/mol. The normalized spacial score (nSPS) is 15.8. The Bertz CT molecular complexity index is 819. The lowest BCUT2D eigenvalue weighted by Crippen LogP contribution is -2.37. The monoisotopic (exact) mass is 354 g/mol. The number of oxime groups is 1. The molecule has 0 unspecified atom stereocenters. The minimum absolute atomic E-state index is 0.114. The minimum Gasteiger partial charge on any atom is -0.493 e. The van der Waals surface area contributed by atoms with Crippen LogP contribution in [0, 0.1) is 0 Å². The number of nitrogens with zero attached hydrogens (tertiary/aromatic N) is 2. The maximum absolute atomic E-state index is 12.5. The highest BCUT2D eigenvalue weighted by molar-refractivity contribution is 5.97. The lowest BCUT2D eigenvalue weighted by molar-refractivity contribution is -0.123. The van der Waals surface area contributed by atoms with Gasteiger partial charge in [0, 0.05) is 17.3 Å². The first kappa shape index (κ1) is 17.8. The van der Waals surface area contributed by atoms with Crippen molar-refractivity contribution in [3.8, 4) is 11.5 Å².